The Morgan fingerprint density at radius 3 is 2.61 bits per heavy atom. The molecule has 3 rings (SSSR count). The summed E-state index contributed by atoms with van der Waals surface area (Å²) >= 11 is 0. The fourth-order valence-electron chi connectivity index (χ4n) is 3.21. The van der Waals surface area contributed by atoms with Gasteiger partial charge in [0.05, 0.1) is 6.54 Å². The highest BCUT2D eigenvalue weighted by atomic mass is 16.5. The summed E-state index contributed by atoms with van der Waals surface area (Å²) in [5.41, 5.74) is 1.12. The summed E-state index contributed by atoms with van der Waals surface area (Å²) in [4.78, 5) is 32.0. The van der Waals surface area contributed by atoms with Gasteiger partial charge in [0.2, 0.25) is 0 Å². The molecule has 0 saturated carbocycles. The molecular weight excluding hydrogens is 362 g/mol. The molecule has 3 N–H and O–H groups in total. The van der Waals surface area contributed by atoms with Gasteiger partial charge < -0.3 is 25.0 Å². The molecule has 0 spiro atoms. The lowest BCUT2D eigenvalue weighted by molar-refractivity contribution is -0.127. The van der Waals surface area contributed by atoms with E-state index in [1.807, 2.05) is 45.0 Å². The number of nitrogens with zero attached hydrogens (tertiary/aromatic N) is 3. The number of amides is 3. The van der Waals surface area contributed by atoms with Gasteiger partial charge >= 0.3 is 6.03 Å². The van der Waals surface area contributed by atoms with Crippen LogP contribution in [0.25, 0.3) is 0 Å². The summed E-state index contributed by atoms with van der Waals surface area (Å²) in [5.74, 6) is 0.721. The van der Waals surface area contributed by atoms with Gasteiger partial charge in [-0.25, -0.2) is 9.79 Å². The Balaban J connectivity index is 1.70. The minimum atomic E-state index is -0.852. The van der Waals surface area contributed by atoms with E-state index in [4.69, 9.17) is 4.74 Å². The largest absolute Gasteiger partial charge is 0.491 e. The van der Waals surface area contributed by atoms with E-state index in [-0.39, 0.29) is 19.2 Å². The van der Waals surface area contributed by atoms with Crippen LogP contribution in [-0.4, -0.2) is 77.4 Å². The normalized spacial score (nSPS) is 22.7. The predicted octanol–water partition coefficient (Wildman–Crippen LogP) is 0.281. The molecular formula is C19H27N5O4. The number of aliphatic imine (C=N–C) groups is 1. The Kier molecular flexibility index (Phi) is 5.73. The fourth-order valence-corrected chi connectivity index (χ4v) is 3.21. The highest BCUT2D eigenvalue weighted by molar-refractivity contribution is 6.03. The molecule has 2 aliphatic rings. The van der Waals surface area contributed by atoms with Crippen molar-refractivity contribution in [2.24, 2.45) is 4.99 Å². The lowest BCUT2D eigenvalue weighted by atomic mass is 10.1. The number of aliphatic hydroxyl groups excluding tert-OH is 1. The molecule has 3 amide bonds. The van der Waals surface area contributed by atoms with Crippen molar-refractivity contribution in [3.05, 3.63) is 29.8 Å². The number of carbonyl (C=O) groups excluding carboxylic acids is 2. The van der Waals surface area contributed by atoms with Gasteiger partial charge in [-0.05, 0) is 32.9 Å². The van der Waals surface area contributed by atoms with Crippen LogP contribution in [0.1, 0.15) is 19.4 Å². The van der Waals surface area contributed by atoms with Gasteiger partial charge in [0.25, 0.3) is 5.91 Å². The third-order valence-corrected chi connectivity index (χ3v) is 4.65. The molecule has 152 valence electrons. The molecule has 0 aliphatic carbocycles. The maximum atomic E-state index is 12.5. The van der Waals surface area contributed by atoms with Gasteiger partial charge in [-0.3, -0.25) is 10.1 Å². The average Bonchev–Trinajstić information content (AvgIpc) is 2.97. The standard InChI is InChI=1S/C19H27N5O4/c1-11(2)20-18-21-16-15(17(26)22-19(27)23(16)4)24(18)9-13(25)10-28-14-7-5-12(3)6-8-14/h5-8,11,13,15-16,25H,9-10H2,1-4H3,(H,20,21)(H,22,26,27). The number of β-amino-alcohol motifs (C(OH)–C–C–N with tert-alkyl or cyclic N) is 1. The van der Waals surface area contributed by atoms with Gasteiger partial charge in [0, 0.05) is 13.1 Å². The summed E-state index contributed by atoms with van der Waals surface area (Å²) in [7, 11) is 1.59. The maximum Gasteiger partial charge on any atom is 0.325 e. The number of guanidine groups is 1. The molecule has 1 saturated heterocycles. The molecule has 9 heteroatoms. The van der Waals surface area contributed by atoms with Crippen LogP contribution in [0, 0.1) is 6.92 Å². The van der Waals surface area contributed by atoms with Crippen molar-refractivity contribution in [2.45, 2.75) is 45.1 Å². The van der Waals surface area contributed by atoms with E-state index in [0.29, 0.717) is 11.7 Å². The second-order valence-corrected chi connectivity index (χ2v) is 7.45. The number of fused-ring (bicyclic) bond motifs is 1. The number of urea groups is 1. The second-order valence-electron chi connectivity index (χ2n) is 7.45. The minimum absolute atomic E-state index is 0.0717. The first-order valence-corrected chi connectivity index (χ1v) is 9.32. The number of rotatable bonds is 6. The molecule has 1 aromatic carbocycles. The number of aryl methyl sites for hydroxylation is 1. The number of hydrogen-bond donors (Lipinski definition) is 3. The summed E-state index contributed by atoms with van der Waals surface area (Å²) in [6, 6.07) is 6.45. The van der Waals surface area contributed by atoms with E-state index < -0.39 is 30.2 Å². The van der Waals surface area contributed by atoms with Gasteiger partial charge in [-0.2, -0.15) is 0 Å². The molecule has 28 heavy (non-hydrogen) atoms. The Hall–Kier alpha value is -2.81. The predicted molar refractivity (Wildman–Crippen MR) is 104 cm³/mol. The lowest BCUT2D eigenvalue weighted by Gasteiger charge is -2.37. The number of nitrogens with one attached hydrogen (secondary N) is 2. The molecule has 3 unspecified atom stereocenters. The summed E-state index contributed by atoms with van der Waals surface area (Å²) in [6.07, 6.45) is -1.48. The molecule has 9 nitrogen and oxygen atoms in total. The zero-order valence-corrected chi connectivity index (χ0v) is 16.5. The summed E-state index contributed by atoms with van der Waals surface area (Å²) in [6.45, 7) is 6.11. The van der Waals surface area contributed by atoms with Crippen molar-refractivity contribution in [3.8, 4) is 5.75 Å². The van der Waals surface area contributed by atoms with E-state index in [1.54, 1.807) is 11.9 Å². The second kappa shape index (κ2) is 8.05. The number of carbonyl (C=O) groups is 2. The van der Waals surface area contributed by atoms with Gasteiger partial charge in [0.15, 0.2) is 18.2 Å². The Labute approximate surface area is 164 Å². The van der Waals surface area contributed by atoms with Crippen molar-refractivity contribution in [2.75, 3.05) is 20.2 Å². The van der Waals surface area contributed by atoms with Gasteiger partial charge in [0.1, 0.15) is 18.5 Å². The van der Waals surface area contributed by atoms with Crippen LogP contribution in [-0.2, 0) is 4.79 Å². The Bertz CT molecular complexity index is 764. The molecule has 3 atom stereocenters. The first kappa shape index (κ1) is 19.9. The maximum absolute atomic E-state index is 12.5. The van der Waals surface area contributed by atoms with Crippen LogP contribution in [0.5, 0.6) is 5.75 Å². The van der Waals surface area contributed by atoms with Crippen LogP contribution in [0.2, 0.25) is 0 Å². The Morgan fingerprint density at radius 1 is 1.29 bits per heavy atom. The average molecular weight is 389 g/mol. The first-order chi connectivity index (χ1) is 13.3. The Morgan fingerprint density at radius 2 is 1.96 bits per heavy atom. The molecule has 1 aromatic rings. The van der Waals surface area contributed by atoms with E-state index in [0.717, 1.165) is 5.56 Å². The zero-order valence-electron chi connectivity index (χ0n) is 16.5. The number of likely N-dealkylation sites (N-methyl/N-ethyl adjacent to an activating group) is 1. The number of imide groups is 1. The zero-order chi connectivity index (χ0) is 20.4. The number of aliphatic hydroxyl groups is 1. The molecule has 1 fully saturated rings. The number of ether oxygens (including phenoxy) is 1. The van der Waals surface area contributed by atoms with Gasteiger partial charge in [-0.1, -0.05) is 17.7 Å². The molecule has 2 aliphatic heterocycles. The lowest BCUT2D eigenvalue weighted by Crippen LogP contribution is -2.65. The van der Waals surface area contributed by atoms with Crippen molar-refractivity contribution in [1.82, 2.24) is 20.4 Å². The highest BCUT2D eigenvalue weighted by Crippen LogP contribution is 2.24. The third-order valence-electron chi connectivity index (χ3n) is 4.65. The quantitative estimate of drug-likeness (QED) is 0.645. The molecule has 0 radical (unpaired) electrons. The topological polar surface area (TPSA) is 106 Å². The molecule has 0 bridgehead atoms. The molecule has 0 aromatic heterocycles. The van der Waals surface area contributed by atoms with Crippen molar-refractivity contribution >= 4 is 17.9 Å². The summed E-state index contributed by atoms with van der Waals surface area (Å²) in [5, 5.41) is 16.0. The van der Waals surface area contributed by atoms with Crippen LogP contribution in [0.3, 0.4) is 0 Å². The monoisotopic (exact) mass is 389 g/mol. The van der Waals surface area contributed by atoms with E-state index in [9.17, 15) is 14.7 Å². The van der Waals surface area contributed by atoms with Crippen LogP contribution in [0.15, 0.2) is 29.3 Å². The molecule has 2 heterocycles. The fraction of sp³-hybridized carbons (Fsp3) is 0.526. The third kappa shape index (κ3) is 4.19. The minimum Gasteiger partial charge on any atom is -0.491 e. The van der Waals surface area contributed by atoms with Gasteiger partial charge in [-0.15, -0.1) is 0 Å². The SMILES string of the molecule is Cc1ccc(OCC(O)CN2C(NC(C)C)=NC3C2C(=O)NC(=O)N3C)cc1. The van der Waals surface area contributed by atoms with E-state index >= 15 is 0 Å². The highest BCUT2D eigenvalue weighted by Gasteiger charge is 2.49. The van der Waals surface area contributed by atoms with Crippen molar-refractivity contribution in [1.29, 1.82) is 0 Å². The summed E-state index contributed by atoms with van der Waals surface area (Å²) < 4.78 is 5.65. The number of hydrogen-bond acceptors (Lipinski definition) is 7. The van der Waals surface area contributed by atoms with Crippen LogP contribution >= 0.6 is 0 Å². The van der Waals surface area contributed by atoms with E-state index in [1.165, 1.54) is 4.90 Å². The van der Waals surface area contributed by atoms with Crippen molar-refractivity contribution in [3.63, 3.8) is 0 Å². The van der Waals surface area contributed by atoms with E-state index in [2.05, 4.69) is 15.6 Å². The van der Waals surface area contributed by atoms with Crippen molar-refractivity contribution < 1.29 is 19.4 Å². The first-order valence-electron chi connectivity index (χ1n) is 9.32. The number of benzene rings is 1. The van der Waals surface area contributed by atoms with Crippen LogP contribution in [0.4, 0.5) is 4.79 Å². The smallest absolute Gasteiger partial charge is 0.325 e. The van der Waals surface area contributed by atoms with Crippen LogP contribution < -0.4 is 15.4 Å².